The van der Waals surface area contributed by atoms with Gasteiger partial charge in [0.1, 0.15) is 0 Å². The van der Waals surface area contributed by atoms with E-state index < -0.39 is 0 Å². The molecule has 0 aliphatic carbocycles. The topological polar surface area (TPSA) is 43.1 Å². The van der Waals surface area contributed by atoms with E-state index >= 15 is 0 Å². The molecule has 0 amide bonds. The average molecular weight is 155 g/mol. The molecule has 0 aromatic heterocycles. The Morgan fingerprint density at radius 2 is 2.57 bits per heavy atom. The molecule has 2 N–H and O–H groups in total. The SMILES string of the molecule is NCC(S)S#P=O. The van der Waals surface area contributed by atoms with Crippen molar-refractivity contribution in [3.8, 4) is 0 Å². The molecule has 0 aliphatic heterocycles. The Labute approximate surface area is 52.3 Å². The van der Waals surface area contributed by atoms with Gasteiger partial charge in [0.05, 0.1) is 0 Å². The molecule has 0 saturated heterocycles. The van der Waals surface area contributed by atoms with Gasteiger partial charge in [0.25, 0.3) is 0 Å². The summed E-state index contributed by atoms with van der Waals surface area (Å²) < 4.78 is 9.74. The van der Waals surface area contributed by atoms with Gasteiger partial charge in [0.2, 0.25) is 0 Å². The summed E-state index contributed by atoms with van der Waals surface area (Å²) in [5.74, 6) is 0. The number of hydrogen-bond donors (Lipinski definition) is 2. The van der Waals surface area contributed by atoms with Gasteiger partial charge in [-0.3, -0.25) is 0 Å². The van der Waals surface area contributed by atoms with Crippen LogP contribution in [0.3, 0.4) is 0 Å². The Hall–Kier alpha value is 0.760. The van der Waals surface area contributed by atoms with Crippen molar-refractivity contribution in [2.24, 2.45) is 5.73 Å². The maximum atomic E-state index is 9.73. The van der Waals surface area contributed by atoms with Gasteiger partial charge in [0.15, 0.2) is 0 Å². The van der Waals surface area contributed by atoms with Crippen LogP contribution in [-0.4, -0.2) is 11.1 Å². The van der Waals surface area contributed by atoms with Gasteiger partial charge in [-0.1, -0.05) is 0 Å². The van der Waals surface area contributed by atoms with Crippen LogP contribution in [0.5, 0.6) is 0 Å². The zero-order chi connectivity index (χ0) is 5.70. The first-order valence-corrected chi connectivity index (χ1v) is 4.49. The summed E-state index contributed by atoms with van der Waals surface area (Å²) in [7, 11) is 1.24. The van der Waals surface area contributed by atoms with E-state index in [1.165, 1.54) is 10.7 Å². The van der Waals surface area contributed by atoms with Gasteiger partial charge >= 0.3 is 51.8 Å². The molecule has 0 heterocycles. The van der Waals surface area contributed by atoms with E-state index in [1.807, 2.05) is 0 Å². The molecule has 0 radical (unpaired) electrons. The molecule has 0 aromatic carbocycles. The van der Waals surface area contributed by atoms with Crippen LogP contribution in [0.15, 0.2) is 0 Å². The fourth-order valence-electron chi connectivity index (χ4n) is 0.0927. The van der Waals surface area contributed by atoms with Crippen LogP contribution >= 0.6 is 30.4 Å². The molecule has 0 aliphatic rings. The Balaban J connectivity index is 3.50. The second-order valence-electron chi connectivity index (χ2n) is 0.870. The molecular formula is C2H6NOPS2. The first kappa shape index (κ1) is 7.76. The molecule has 7 heavy (non-hydrogen) atoms. The van der Waals surface area contributed by atoms with Crippen molar-refractivity contribution in [2.45, 2.75) is 4.58 Å². The van der Waals surface area contributed by atoms with Crippen molar-refractivity contribution >= 4 is 30.4 Å². The van der Waals surface area contributed by atoms with Crippen LogP contribution in [0, 0.1) is 0 Å². The van der Waals surface area contributed by atoms with E-state index in [2.05, 4.69) is 12.6 Å². The van der Waals surface area contributed by atoms with Crippen molar-refractivity contribution in [3.05, 3.63) is 0 Å². The predicted octanol–water partition coefficient (Wildman–Crippen LogP) is 1.14. The van der Waals surface area contributed by atoms with Crippen LogP contribution < -0.4 is 5.73 Å². The molecule has 0 fully saturated rings. The van der Waals surface area contributed by atoms with E-state index in [0.717, 1.165) is 0 Å². The number of nitrogens with two attached hydrogens (primary N) is 1. The summed E-state index contributed by atoms with van der Waals surface area (Å²) in [5, 5.41) is 0. The maximum absolute atomic E-state index is 9.73. The van der Waals surface area contributed by atoms with E-state index in [1.54, 1.807) is 0 Å². The summed E-state index contributed by atoms with van der Waals surface area (Å²) >= 11 is 3.94. The summed E-state index contributed by atoms with van der Waals surface area (Å²) in [6.07, 6.45) is 0. The van der Waals surface area contributed by atoms with Crippen molar-refractivity contribution in [2.75, 3.05) is 6.54 Å². The molecule has 5 heteroatoms. The van der Waals surface area contributed by atoms with Gasteiger partial charge < -0.3 is 0 Å². The summed E-state index contributed by atoms with van der Waals surface area (Å²) in [4.78, 5) is 0. The standard InChI is InChI=1S/C2H6NOPS2/c3-1-2(6)7-5-4/h2,6H,1,3H2. The normalized spacial score (nSPS) is 12.9. The Morgan fingerprint density at radius 3 is 2.71 bits per heavy atom. The average Bonchev–Trinajstić information content (AvgIpc) is 1.68. The van der Waals surface area contributed by atoms with Gasteiger partial charge in [0, 0.05) is 0 Å². The fraction of sp³-hybridized carbons (Fsp3) is 1.00. The molecule has 1 unspecified atom stereocenters. The van der Waals surface area contributed by atoms with Crippen LogP contribution in [0.4, 0.5) is 0 Å². The molecule has 0 bridgehead atoms. The Bertz CT molecular complexity index is 130. The van der Waals surface area contributed by atoms with Gasteiger partial charge in [-0.2, -0.15) is 0 Å². The molecule has 0 rings (SSSR count). The summed E-state index contributed by atoms with van der Waals surface area (Å²) in [6, 6.07) is 0. The molecule has 2 nitrogen and oxygen atoms in total. The molecule has 1 atom stereocenters. The third-order valence-corrected chi connectivity index (χ3v) is 2.94. The molecule has 0 aromatic rings. The van der Waals surface area contributed by atoms with Gasteiger partial charge in [-0.05, 0) is 0 Å². The van der Waals surface area contributed by atoms with E-state index in [4.69, 9.17) is 5.73 Å². The molecular weight excluding hydrogens is 149 g/mol. The molecule has 42 valence electrons. The van der Waals surface area contributed by atoms with Crippen molar-refractivity contribution < 1.29 is 4.57 Å². The fourth-order valence-corrected chi connectivity index (χ4v) is 1.18. The summed E-state index contributed by atoms with van der Waals surface area (Å²) in [6.45, 7) is 0.461. The minimum absolute atomic E-state index is 0.0131. The first-order valence-electron chi connectivity index (χ1n) is 1.68. The molecule has 0 saturated carbocycles. The van der Waals surface area contributed by atoms with E-state index in [0.29, 0.717) is 6.54 Å². The quantitative estimate of drug-likeness (QED) is 0.339. The Kier molecular flexibility index (Phi) is 5.44. The van der Waals surface area contributed by atoms with Gasteiger partial charge in [-0.15, -0.1) is 0 Å². The van der Waals surface area contributed by atoms with Gasteiger partial charge in [-0.25, -0.2) is 0 Å². The predicted molar refractivity (Wildman–Crippen MR) is 37.0 cm³/mol. The minimum atomic E-state index is 0.0131. The summed E-state index contributed by atoms with van der Waals surface area (Å²) in [5.41, 5.74) is 5.12. The van der Waals surface area contributed by atoms with Crippen LogP contribution in [0.25, 0.3) is 0 Å². The van der Waals surface area contributed by atoms with Crippen molar-refractivity contribution in [1.29, 1.82) is 0 Å². The van der Waals surface area contributed by atoms with E-state index in [9.17, 15) is 4.57 Å². The number of hydrogen-bond acceptors (Lipinski definition) is 3. The third-order valence-electron chi connectivity index (χ3n) is 0.366. The molecule has 0 spiro atoms. The zero-order valence-corrected chi connectivity index (χ0v) is 6.18. The van der Waals surface area contributed by atoms with Crippen molar-refractivity contribution in [1.82, 2.24) is 0 Å². The number of rotatable bonds is 1. The monoisotopic (exact) mass is 155 g/mol. The Morgan fingerprint density at radius 1 is 2.00 bits per heavy atom. The second-order valence-corrected chi connectivity index (χ2v) is 3.85. The number of thiol groups is 1. The zero-order valence-electron chi connectivity index (χ0n) is 3.57. The van der Waals surface area contributed by atoms with Crippen LogP contribution in [0.1, 0.15) is 0 Å². The second kappa shape index (κ2) is 4.91. The van der Waals surface area contributed by atoms with Crippen LogP contribution in [-0.2, 0) is 4.57 Å². The van der Waals surface area contributed by atoms with Crippen molar-refractivity contribution in [3.63, 3.8) is 0 Å². The van der Waals surface area contributed by atoms with Crippen LogP contribution in [0.2, 0.25) is 0 Å². The van der Waals surface area contributed by atoms with E-state index in [-0.39, 0.29) is 11.6 Å². The third kappa shape index (κ3) is 4.62. The first-order chi connectivity index (χ1) is 3.31.